The maximum atomic E-state index is 13.4. The maximum Gasteiger partial charge on any atom is 0.236 e. The Kier molecular flexibility index (Phi) is 5.30. The van der Waals surface area contributed by atoms with Gasteiger partial charge in [-0.25, -0.2) is 9.37 Å². The average Bonchev–Trinajstić information content (AvgIpc) is 2.99. The summed E-state index contributed by atoms with van der Waals surface area (Å²) in [5, 5.41) is 5.11. The molecule has 25 heavy (non-hydrogen) atoms. The van der Waals surface area contributed by atoms with Crippen molar-refractivity contribution < 1.29 is 14.0 Å². The molecule has 2 amide bonds. The summed E-state index contributed by atoms with van der Waals surface area (Å²) in [4.78, 5) is 30.9. The molecule has 0 radical (unpaired) electrons. The van der Waals surface area contributed by atoms with Crippen molar-refractivity contribution in [2.24, 2.45) is 0 Å². The molecule has 3 rings (SSSR count). The number of anilines is 2. The molecule has 6 nitrogen and oxygen atoms in total. The first-order valence-corrected chi connectivity index (χ1v) is 8.64. The van der Waals surface area contributed by atoms with Crippen LogP contribution in [0.5, 0.6) is 0 Å². The molecule has 0 aliphatic heterocycles. The van der Waals surface area contributed by atoms with Gasteiger partial charge in [0.1, 0.15) is 5.82 Å². The van der Waals surface area contributed by atoms with Crippen molar-refractivity contribution in [3.63, 3.8) is 0 Å². The molecule has 0 saturated heterocycles. The third-order valence-corrected chi connectivity index (χ3v) is 4.19. The number of nitrogens with zero attached hydrogens (tertiary/aromatic N) is 1. The van der Waals surface area contributed by atoms with Crippen LogP contribution in [0.1, 0.15) is 0 Å². The minimum Gasteiger partial charge on any atom is -0.324 e. The number of fused-ring (bicyclic) bond motifs is 1. The van der Waals surface area contributed by atoms with Crippen LogP contribution in [0.25, 0.3) is 11.0 Å². The zero-order chi connectivity index (χ0) is 17.6. The number of hydrogen-bond acceptors (Lipinski definition) is 4. The summed E-state index contributed by atoms with van der Waals surface area (Å²) in [6.45, 7) is 0. The quantitative estimate of drug-likeness (QED) is 0.632. The lowest BCUT2D eigenvalue weighted by Gasteiger charge is -2.06. The first kappa shape index (κ1) is 17.0. The lowest BCUT2D eigenvalue weighted by Crippen LogP contribution is -2.19. The van der Waals surface area contributed by atoms with Gasteiger partial charge in [0, 0.05) is 0 Å². The summed E-state index contributed by atoms with van der Waals surface area (Å²) in [7, 11) is 0. The van der Waals surface area contributed by atoms with Gasteiger partial charge in [-0.2, -0.15) is 0 Å². The van der Waals surface area contributed by atoms with Crippen LogP contribution < -0.4 is 10.6 Å². The van der Waals surface area contributed by atoms with Crippen molar-refractivity contribution in [3.8, 4) is 0 Å². The number of aromatic amines is 1. The van der Waals surface area contributed by atoms with Crippen molar-refractivity contribution >= 4 is 46.2 Å². The molecule has 128 valence electrons. The molecule has 0 fully saturated rings. The zero-order valence-corrected chi connectivity index (χ0v) is 13.9. The van der Waals surface area contributed by atoms with Crippen molar-refractivity contribution in [3.05, 3.63) is 54.3 Å². The maximum absolute atomic E-state index is 13.4. The third kappa shape index (κ3) is 4.57. The molecule has 1 heterocycles. The minimum absolute atomic E-state index is 0.0435. The molecule has 0 spiro atoms. The van der Waals surface area contributed by atoms with Gasteiger partial charge in [0.15, 0.2) is 0 Å². The predicted molar refractivity (Wildman–Crippen MR) is 97.1 cm³/mol. The summed E-state index contributed by atoms with van der Waals surface area (Å²) in [5.41, 5.74) is 1.71. The molecule has 1 aromatic heterocycles. The van der Waals surface area contributed by atoms with Crippen LogP contribution in [-0.4, -0.2) is 33.3 Å². The van der Waals surface area contributed by atoms with Crippen LogP contribution in [0, 0.1) is 5.82 Å². The van der Waals surface area contributed by atoms with Crippen LogP contribution in [0.4, 0.5) is 16.0 Å². The Labute approximate surface area is 147 Å². The topological polar surface area (TPSA) is 86.9 Å². The number of H-pyrrole nitrogens is 1. The molecule has 0 bridgehead atoms. The largest absolute Gasteiger partial charge is 0.324 e. The van der Waals surface area contributed by atoms with Gasteiger partial charge in [-0.15, -0.1) is 11.8 Å². The Balaban J connectivity index is 1.44. The average molecular weight is 358 g/mol. The first-order valence-electron chi connectivity index (χ1n) is 7.48. The fourth-order valence-corrected chi connectivity index (χ4v) is 2.78. The number of rotatable bonds is 6. The van der Waals surface area contributed by atoms with E-state index in [2.05, 4.69) is 20.6 Å². The smallest absolute Gasteiger partial charge is 0.236 e. The molecular formula is C17H15FN4O2S. The molecule has 3 N–H and O–H groups in total. The molecular weight excluding hydrogens is 343 g/mol. The van der Waals surface area contributed by atoms with Crippen LogP contribution in [0.3, 0.4) is 0 Å². The van der Waals surface area contributed by atoms with E-state index >= 15 is 0 Å². The van der Waals surface area contributed by atoms with E-state index < -0.39 is 5.82 Å². The highest BCUT2D eigenvalue weighted by atomic mass is 32.2. The standard InChI is InChI=1S/C17H15FN4O2S/c18-11-5-1-2-6-12(11)19-15(23)9-25-10-16(24)22-17-20-13-7-3-4-8-14(13)21-17/h1-8H,9-10H2,(H,19,23)(H2,20,21,22,24). The normalized spacial score (nSPS) is 10.6. The van der Waals surface area contributed by atoms with Gasteiger partial charge in [0.05, 0.1) is 28.2 Å². The highest BCUT2D eigenvalue weighted by molar-refractivity contribution is 8.00. The first-order chi connectivity index (χ1) is 12.1. The van der Waals surface area contributed by atoms with Crippen LogP contribution in [0.2, 0.25) is 0 Å². The van der Waals surface area contributed by atoms with Gasteiger partial charge in [-0.05, 0) is 24.3 Å². The minimum atomic E-state index is -0.497. The summed E-state index contributed by atoms with van der Waals surface area (Å²) >= 11 is 1.13. The van der Waals surface area contributed by atoms with Gasteiger partial charge in [0.25, 0.3) is 0 Å². The second-order valence-electron chi connectivity index (χ2n) is 5.17. The van der Waals surface area contributed by atoms with E-state index in [4.69, 9.17) is 0 Å². The predicted octanol–water partition coefficient (Wildman–Crippen LogP) is 3.01. The lowest BCUT2D eigenvalue weighted by molar-refractivity contribution is -0.114. The number of thioether (sulfide) groups is 1. The van der Waals surface area contributed by atoms with E-state index in [1.165, 1.54) is 12.1 Å². The number of imidazole rings is 1. The van der Waals surface area contributed by atoms with Crippen molar-refractivity contribution in [2.45, 2.75) is 0 Å². The van der Waals surface area contributed by atoms with Crippen LogP contribution >= 0.6 is 11.8 Å². The molecule has 0 unspecified atom stereocenters. The number of halogens is 1. The van der Waals surface area contributed by atoms with Crippen molar-refractivity contribution in [2.75, 3.05) is 22.1 Å². The van der Waals surface area contributed by atoms with E-state index in [0.29, 0.717) is 5.95 Å². The van der Waals surface area contributed by atoms with Gasteiger partial charge in [-0.1, -0.05) is 24.3 Å². The number of nitrogens with one attached hydrogen (secondary N) is 3. The number of amides is 2. The van der Waals surface area contributed by atoms with Crippen LogP contribution in [-0.2, 0) is 9.59 Å². The third-order valence-electron chi connectivity index (χ3n) is 3.26. The Morgan fingerprint density at radius 2 is 1.68 bits per heavy atom. The Morgan fingerprint density at radius 1 is 1.00 bits per heavy atom. The van der Waals surface area contributed by atoms with E-state index in [9.17, 15) is 14.0 Å². The number of aromatic nitrogens is 2. The van der Waals surface area contributed by atoms with E-state index in [1.807, 2.05) is 24.3 Å². The van der Waals surface area contributed by atoms with Gasteiger partial charge < -0.3 is 10.3 Å². The molecule has 3 aromatic rings. The monoisotopic (exact) mass is 358 g/mol. The second kappa shape index (κ2) is 7.80. The number of para-hydroxylation sites is 3. The summed E-state index contributed by atoms with van der Waals surface area (Å²) in [5.74, 6) is -0.649. The van der Waals surface area contributed by atoms with E-state index in [0.717, 1.165) is 22.8 Å². The Hall–Kier alpha value is -2.87. The van der Waals surface area contributed by atoms with Gasteiger partial charge in [-0.3, -0.25) is 14.9 Å². The molecule has 0 aliphatic carbocycles. The summed E-state index contributed by atoms with van der Waals surface area (Å²) in [6.07, 6.45) is 0. The molecule has 0 atom stereocenters. The van der Waals surface area contributed by atoms with Crippen LogP contribution in [0.15, 0.2) is 48.5 Å². The Morgan fingerprint density at radius 3 is 2.44 bits per heavy atom. The highest BCUT2D eigenvalue weighted by Gasteiger charge is 2.10. The summed E-state index contributed by atoms with van der Waals surface area (Å²) < 4.78 is 13.4. The SMILES string of the molecule is O=C(CSCC(=O)Nc1ccccc1F)Nc1nc2ccccc2[nH]1. The molecule has 0 aliphatic rings. The van der Waals surface area contributed by atoms with E-state index in [-0.39, 0.29) is 29.0 Å². The Bertz CT molecular complexity index is 879. The molecule has 8 heteroatoms. The number of hydrogen-bond donors (Lipinski definition) is 3. The highest BCUT2D eigenvalue weighted by Crippen LogP contribution is 2.15. The zero-order valence-electron chi connectivity index (χ0n) is 13.1. The lowest BCUT2D eigenvalue weighted by atomic mass is 10.3. The van der Waals surface area contributed by atoms with Gasteiger partial charge >= 0.3 is 0 Å². The van der Waals surface area contributed by atoms with Gasteiger partial charge in [0.2, 0.25) is 17.8 Å². The second-order valence-corrected chi connectivity index (χ2v) is 6.16. The summed E-state index contributed by atoms with van der Waals surface area (Å²) in [6, 6.07) is 13.3. The van der Waals surface area contributed by atoms with E-state index in [1.54, 1.807) is 12.1 Å². The number of carbonyl (C=O) groups is 2. The fraction of sp³-hybridized carbons (Fsp3) is 0.118. The molecule has 2 aromatic carbocycles. The number of carbonyl (C=O) groups excluding carboxylic acids is 2. The fourth-order valence-electron chi connectivity index (χ4n) is 2.17. The van der Waals surface area contributed by atoms with Crippen molar-refractivity contribution in [1.29, 1.82) is 0 Å². The van der Waals surface area contributed by atoms with Crippen molar-refractivity contribution in [1.82, 2.24) is 9.97 Å². The number of benzene rings is 2. The molecule has 0 saturated carbocycles.